The molecule has 7 heteroatoms. The van der Waals surface area contributed by atoms with Crippen LogP contribution in [0.1, 0.15) is 0 Å². The van der Waals surface area contributed by atoms with Crippen molar-refractivity contribution in [2.75, 3.05) is 0 Å². The van der Waals surface area contributed by atoms with Crippen LogP contribution >= 0.6 is 0 Å². The predicted molar refractivity (Wildman–Crippen MR) is 39.2 cm³/mol. The minimum Gasteiger partial charge on any atom is -0.284 e. The summed E-state index contributed by atoms with van der Waals surface area (Å²) in [7, 11) is 0. The third-order valence-corrected chi connectivity index (χ3v) is 1.42. The van der Waals surface area contributed by atoms with E-state index in [-0.39, 0.29) is 0 Å². The fraction of sp³-hybridized carbons (Fsp3) is 0. The Morgan fingerprint density at radius 1 is 1.25 bits per heavy atom. The Morgan fingerprint density at radius 3 is 2.42 bits per heavy atom. The SMILES string of the molecule is O=c1[nH][nH]c(=O)n1-c1cn[nH]c1. The van der Waals surface area contributed by atoms with Crippen molar-refractivity contribution >= 4 is 0 Å². The quantitative estimate of drug-likeness (QED) is 0.485. The normalized spacial score (nSPS) is 10.3. The molecule has 2 heterocycles. The average Bonchev–Trinajstić information content (AvgIpc) is 2.61. The van der Waals surface area contributed by atoms with E-state index in [1.807, 2.05) is 0 Å². The van der Waals surface area contributed by atoms with E-state index in [0.29, 0.717) is 5.69 Å². The van der Waals surface area contributed by atoms with Crippen molar-refractivity contribution in [2.45, 2.75) is 0 Å². The summed E-state index contributed by atoms with van der Waals surface area (Å²) in [6.45, 7) is 0. The van der Waals surface area contributed by atoms with Gasteiger partial charge in [0, 0.05) is 6.20 Å². The maximum absolute atomic E-state index is 11.0. The van der Waals surface area contributed by atoms with Gasteiger partial charge in [0.05, 0.1) is 11.9 Å². The first-order valence-corrected chi connectivity index (χ1v) is 3.18. The van der Waals surface area contributed by atoms with Crippen LogP contribution in [0.2, 0.25) is 0 Å². The lowest BCUT2D eigenvalue weighted by Gasteiger charge is -1.87. The maximum Gasteiger partial charge on any atom is 0.349 e. The van der Waals surface area contributed by atoms with Crippen molar-refractivity contribution in [1.29, 1.82) is 0 Å². The third kappa shape index (κ3) is 0.797. The number of hydrogen-bond acceptors (Lipinski definition) is 3. The summed E-state index contributed by atoms with van der Waals surface area (Å²) in [5.74, 6) is 0. The molecule has 2 aromatic rings. The lowest BCUT2D eigenvalue weighted by molar-refractivity contribution is 0.953. The summed E-state index contributed by atoms with van der Waals surface area (Å²) >= 11 is 0. The monoisotopic (exact) mass is 167 g/mol. The second-order valence-electron chi connectivity index (χ2n) is 2.15. The van der Waals surface area contributed by atoms with Gasteiger partial charge in [0.2, 0.25) is 0 Å². The van der Waals surface area contributed by atoms with Crippen LogP contribution in [0.3, 0.4) is 0 Å². The Morgan fingerprint density at radius 2 is 1.92 bits per heavy atom. The lowest BCUT2D eigenvalue weighted by atomic mass is 10.6. The van der Waals surface area contributed by atoms with Gasteiger partial charge in [0.25, 0.3) is 0 Å². The van der Waals surface area contributed by atoms with E-state index >= 15 is 0 Å². The Balaban J connectivity index is 2.77. The number of hydrogen-bond donors (Lipinski definition) is 3. The zero-order chi connectivity index (χ0) is 8.55. The van der Waals surface area contributed by atoms with Gasteiger partial charge >= 0.3 is 11.4 Å². The Bertz CT molecular complexity index is 445. The molecule has 0 amide bonds. The number of H-pyrrole nitrogens is 3. The summed E-state index contributed by atoms with van der Waals surface area (Å²) in [4.78, 5) is 21.9. The molecular formula is C5H5N5O2. The van der Waals surface area contributed by atoms with Gasteiger partial charge in [0.15, 0.2) is 0 Å². The zero-order valence-electron chi connectivity index (χ0n) is 5.87. The molecule has 62 valence electrons. The molecule has 7 nitrogen and oxygen atoms in total. The molecule has 2 rings (SSSR count). The molecule has 0 saturated carbocycles. The van der Waals surface area contributed by atoms with Gasteiger partial charge in [-0.1, -0.05) is 0 Å². The van der Waals surface area contributed by atoms with Crippen LogP contribution in [0.5, 0.6) is 0 Å². The molecule has 3 N–H and O–H groups in total. The van der Waals surface area contributed by atoms with E-state index in [1.165, 1.54) is 12.4 Å². The van der Waals surface area contributed by atoms with Crippen LogP contribution in [-0.4, -0.2) is 25.0 Å². The molecule has 0 fully saturated rings. The maximum atomic E-state index is 11.0. The number of nitrogens with one attached hydrogen (secondary N) is 3. The van der Waals surface area contributed by atoms with Crippen LogP contribution in [0, 0.1) is 0 Å². The molecule has 0 bridgehead atoms. The smallest absolute Gasteiger partial charge is 0.284 e. The van der Waals surface area contributed by atoms with Crippen molar-refractivity contribution in [3.63, 3.8) is 0 Å². The van der Waals surface area contributed by atoms with Crippen molar-refractivity contribution in [3.05, 3.63) is 33.4 Å². The standard InChI is InChI=1S/C5H5N5O2/c11-4-8-9-5(12)10(4)3-1-6-7-2-3/h1-2H,(H,6,7)(H,8,11)(H,9,12). The highest BCUT2D eigenvalue weighted by molar-refractivity contribution is 5.22. The fourth-order valence-corrected chi connectivity index (χ4v) is 0.912. The molecular weight excluding hydrogens is 162 g/mol. The van der Waals surface area contributed by atoms with Crippen molar-refractivity contribution in [3.8, 4) is 5.69 Å². The predicted octanol–water partition coefficient (Wildman–Crippen LogP) is -1.42. The zero-order valence-corrected chi connectivity index (χ0v) is 5.87. The van der Waals surface area contributed by atoms with Crippen LogP contribution in [0.15, 0.2) is 22.0 Å². The Hall–Kier alpha value is -2.05. The van der Waals surface area contributed by atoms with Crippen molar-refractivity contribution < 1.29 is 0 Å². The molecule has 0 spiro atoms. The number of aromatic amines is 3. The molecule has 0 aliphatic rings. The minimum absolute atomic E-state index is 0.405. The van der Waals surface area contributed by atoms with Crippen molar-refractivity contribution in [2.24, 2.45) is 0 Å². The summed E-state index contributed by atoms with van der Waals surface area (Å²) in [6.07, 6.45) is 2.83. The van der Waals surface area contributed by atoms with E-state index in [0.717, 1.165) is 4.57 Å². The van der Waals surface area contributed by atoms with E-state index < -0.39 is 11.4 Å². The van der Waals surface area contributed by atoms with Gasteiger partial charge in [-0.3, -0.25) is 5.10 Å². The summed E-state index contributed by atoms with van der Waals surface area (Å²) in [5.41, 5.74) is -0.620. The van der Waals surface area contributed by atoms with Crippen LogP contribution in [0.25, 0.3) is 5.69 Å². The highest BCUT2D eigenvalue weighted by atomic mass is 16.2. The third-order valence-electron chi connectivity index (χ3n) is 1.42. The second-order valence-corrected chi connectivity index (χ2v) is 2.15. The number of rotatable bonds is 1. The Kier molecular flexibility index (Phi) is 1.23. The molecule has 2 aromatic heterocycles. The molecule has 0 saturated heterocycles. The first kappa shape index (κ1) is 6.65. The second kappa shape index (κ2) is 2.22. The number of aromatic nitrogens is 5. The molecule has 0 atom stereocenters. The average molecular weight is 167 g/mol. The van der Waals surface area contributed by atoms with Crippen LogP contribution in [-0.2, 0) is 0 Å². The molecule has 0 aliphatic carbocycles. The number of nitrogens with zero attached hydrogens (tertiary/aromatic N) is 2. The summed E-state index contributed by atoms with van der Waals surface area (Å²) in [5, 5.41) is 10.4. The topological polar surface area (TPSA) is 99.3 Å². The summed E-state index contributed by atoms with van der Waals surface area (Å²) < 4.78 is 0.934. The van der Waals surface area contributed by atoms with Crippen LogP contribution in [0.4, 0.5) is 0 Å². The molecule has 0 radical (unpaired) electrons. The van der Waals surface area contributed by atoms with E-state index in [1.54, 1.807) is 0 Å². The molecule has 0 unspecified atom stereocenters. The molecule has 12 heavy (non-hydrogen) atoms. The van der Waals surface area contributed by atoms with Gasteiger partial charge in [0.1, 0.15) is 0 Å². The van der Waals surface area contributed by atoms with Gasteiger partial charge in [-0.25, -0.2) is 24.4 Å². The van der Waals surface area contributed by atoms with Crippen LogP contribution < -0.4 is 11.4 Å². The largest absolute Gasteiger partial charge is 0.349 e. The van der Waals surface area contributed by atoms with Gasteiger partial charge in [-0.05, 0) is 0 Å². The van der Waals surface area contributed by atoms with E-state index in [2.05, 4.69) is 20.4 Å². The molecule has 0 aliphatic heterocycles. The first-order valence-electron chi connectivity index (χ1n) is 3.18. The highest BCUT2D eigenvalue weighted by Gasteiger charge is 2.04. The van der Waals surface area contributed by atoms with Crippen molar-refractivity contribution in [1.82, 2.24) is 25.0 Å². The summed E-state index contributed by atoms with van der Waals surface area (Å²) in [6, 6.07) is 0. The fourth-order valence-electron chi connectivity index (χ4n) is 0.912. The van der Waals surface area contributed by atoms with Gasteiger partial charge < -0.3 is 0 Å². The molecule has 0 aromatic carbocycles. The van der Waals surface area contributed by atoms with E-state index in [9.17, 15) is 9.59 Å². The highest BCUT2D eigenvalue weighted by Crippen LogP contribution is 1.93. The van der Waals surface area contributed by atoms with Gasteiger partial charge in [-0.15, -0.1) is 0 Å². The Labute approximate surface area is 65.0 Å². The first-order chi connectivity index (χ1) is 5.79. The minimum atomic E-state index is -0.513. The van der Waals surface area contributed by atoms with E-state index in [4.69, 9.17) is 0 Å². The lowest BCUT2D eigenvalue weighted by Crippen LogP contribution is -2.23. The van der Waals surface area contributed by atoms with Gasteiger partial charge in [-0.2, -0.15) is 5.10 Å².